The van der Waals surface area contributed by atoms with Gasteiger partial charge in [0.15, 0.2) is 0 Å². The van der Waals surface area contributed by atoms with Gasteiger partial charge in [0.25, 0.3) is 5.91 Å². The van der Waals surface area contributed by atoms with Crippen molar-refractivity contribution in [1.29, 1.82) is 0 Å². The largest absolute Gasteiger partial charge is 0.388 e. The van der Waals surface area contributed by atoms with E-state index in [9.17, 15) is 14.7 Å². The number of aliphatic hydroxyl groups is 1. The van der Waals surface area contributed by atoms with E-state index in [4.69, 9.17) is 0 Å². The van der Waals surface area contributed by atoms with Gasteiger partial charge in [-0.25, -0.2) is 0 Å². The SMILES string of the molecule is CC(C)C1C=C(C(=O)N2Cc3ccc(CN(C)C)cc3C2)C(O)CC1=O. The summed E-state index contributed by atoms with van der Waals surface area (Å²) in [5.74, 6) is -0.292. The number of hydrogen-bond acceptors (Lipinski definition) is 4. The lowest BCUT2D eigenvalue weighted by molar-refractivity contribution is -0.130. The summed E-state index contributed by atoms with van der Waals surface area (Å²) in [5, 5.41) is 10.3. The Morgan fingerprint density at radius 3 is 2.62 bits per heavy atom. The molecule has 5 nitrogen and oxygen atoms in total. The van der Waals surface area contributed by atoms with E-state index >= 15 is 0 Å². The molecule has 0 radical (unpaired) electrons. The number of hydrogen-bond donors (Lipinski definition) is 1. The van der Waals surface area contributed by atoms with Gasteiger partial charge in [-0.15, -0.1) is 0 Å². The van der Waals surface area contributed by atoms with E-state index in [0.29, 0.717) is 18.7 Å². The third-order valence-electron chi connectivity index (χ3n) is 5.23. The van der Waals surface area contributed by atoms with E-state index in [-0.39, 0.29) is 29.9 Å². The predicted octanol–water partition coefficient (Wildman–Crippen LogP) is 2.12. The predicted molar refractivity (Wildman–Crippen MR) is 100 cm³/mol. The van der Waals surface area contributed by atoms with Crippen LogP contribution in [0.2, 0.25) is 0 Å². The van der Waals surface area contributed by atoms with Crippen LogP contribution < -0.4 is 0 Å². The Labute approximate surface area is 155 Å². The molecule has 0 saturated carbocycles. The molecule has 0 bridgehead atoms. The first-order valence-corrected chi connectivity index (χ1v) is 9.23. The van der Waals surface area contributed by atoms with Crippen molar-refractivity contribution < 1.29 is 14.7 Å². The maximum Gasteiger partial charge on any atom is 0.252 e. The lowest BCUT2D eigenvalue weighted by atomic mass is 9.80. The van der Waals surface area contributed by atoms with Crippen molar-refractivity contribution >= 4 is 11.7 Å². The van der Waals surface area contributed by atoms with Gasteiger partial charge < -0.3 is 14.9 Å². The Balaban J connectivity index is 1.78. The molecular weight excluding hydrogens is 328 g/mol. The first-order chi connectivity index (χ1) is 12.3. The van der Waals surface area contributed by atoms with Crippen LogP contribution in [0.25, 0.3) is 0 Å². The fourth-order valence-electron chi connectivity index (χ4n) is 3.85. The zero-order valence-electron chi connectivity index (χ0n) is 16.0. The molecule has 0 spiro atoms. The number of carbonyl (C=O) groups is 2. The van der Waals surface area contributed by atoms with Crippen LogP contribution in [-0.4, -0.2) is 46.8 Å². The monoisotopic (exact) mass is 356 g/mol. The number of amides is 1. The van der Waals surface area contributed by atoms with Gasteiger partial charge in [-0.1, -0.05) is 38.1 Å². The van der Waals surface area contributed by atoms with E-state index in [1.807, 2.05) is 27.9 Å². The number of ketones is 1. The third-order valence-corrected chi connectivity index (χ3v) is 5.23. The van der Waals surface area contributed by atoms with Crippen molar-refractivity contribution in [1.82, 2.24) is 9.80 Å². The van der Waals surface area contributed by atoms with Gasteiger partial charge in [0.1, 0.15) is 5.78 Å². The van der Waals surface area contributed by atoms with Gasteiger partial charge in [-0.05, 0) is 36.7 Å². The summed E-state index contributed by atoms with van der Waals surface area (Å²) in [6, 6.07) is 6.36. The Hall–Kier alpha value is -1.98. The highest BCUT2D eigenvalue weighted by Crippen LogP contribution is 2.30. The van der Waals surface area contributed by atoms with Crippen LogP contribution in [0.3, 0.4) is 0 Å². The Morgan fingerprint density at radius 1 is 1.27 bits per heavy atom. The third kappa shape index (κ3) is 3.74. The average Bonchev–Trinajstić information content (AvgIpc) is 2.96. The molecule has 1 N–H and O–H groups in total. The molecule has 1 aromatic carbocycles. The smallest absolute Gasteiger partial charge is 0.252 e. The summed E-state index contributed by atoms with van der Waals surface area (Å²) in [6.07, 6.45) is 0.746. The van der Waals surface area contributed by atoms with E-state index in [1.165, 1.54) is 11.1 Å². The number of rotatable bonds is 4. The van der Waals surface area contributed by atoms with Gasteiger partial charge in [-0.2, -0.15) is 0 Å². The summed E-state index contributed by atoms with van der Waals surface area (Å²) in [6.45, 7) is 5.91. The molecule has 0 saturated heterocycles. The van der Waals surface area contributed by atoms with Crippen LogP contribution in [0.15, 0.2) is 29.8 Å². The quantitative estimate of drug-likeness (QED) is 0.898. The van der Waals surface area contributed by atoms with Crippen molar-refractivity contribution in [3.05, 3.63) is 46.5 Å². The molecule has 2 unspecified atom stereocenters. The molecular formula is C21H28N2O3. The minimum Gasteiger partial charge on any atom is -0.388 e. The van der Waals surface area contributed by atoms with Crippen molar-refractivity contribution in [2.75, 3.05) is 14.1 Å². The Kier molecular flexibility index (Phi) is 5.30. The highest BCUT2D eigenvalue weighted by Gasteiger charge is 2.36. The topological polar surface area (TPSA) is 60.9 Å². The molecule has 5 heteroatoms. The molecule has 1 aliphatic carbocycles. The summed E-state index contributed by atoms with van der Waals surface area (Å²) < 4.78 is 0. The molecule has 2 aliphatic rings. The normalized spacial score (nSPS) is 22.8. The number of allylic oxidation sites excluding steroid dienone is 1. The average molecular weight is 356 g/mol. The number of aliphatic hydroxyl groups excluding tert-OH is 1. The summed E-state index contributed by atoms with van der Waals surface area (Å²) >= 11 is 0. The first-order valence-electron chi connectivity index (χ1n) is 9.23. The molecule has 3 rings (SSSR count). The van der Waals surface area contributed by atoms with E-state index in [1.54, 1.807) is 11.0 Å². The fourth-order valence-corrected chi connectivity index (χ4v) is 3.85. The molecule has 1 aromatic rings. The van der Waals surface area contributed by atoms with Crippen LogP contribution in [0.4, 0.5) is 0 Å². The van der Waals surface area contributed by atoms with Gasteiger partial charge >= 0.3 is 0 Å². The molecule has 140 valence electrons. The first kappa shape index (κ1) is 18.8. The van der Waals surface area contributed by atoms with Crippen LogP contribution in [0.1, 0.15) is 37.0 Å². The molecule has 0 aromatic heterocycles. The van der Waals surface area contributed by atoms with Crippen molar-refractivity contribution in [3.8, 4) is 0 Å². The standard InChI is InChI=1S/C21H28N2O3/c1-13(2)17-8-18(20(25)9-19(17)24)21(26)23-11-15-6-5-14(10-22(3)4)7-16(15)12-23/h5-8,13,17,20,25H,9-12H2,1-4H3. The van der Waals surface area contributed by atoms with Crippen LogP contribution in [-0.2, 0) is 29.2 Å². The second-order valence-corrected chi connectivity index (χ2v) is 8.08. The van der Waals surface area contributed by atoms with Crippen LogP contribution in [0, 0.1) is 11.8 Å². The maximum atomic E-state index is 13.0. The molecule has 1 aliphatic heterocycles. The molecule has 26 heavy (non-hydrogen) atoms. The highest BCUT2D eigenvalue weighted by atomic mass is 16.3. The number of benzene rings is 1. The number of Topliss-reactive ketones (excluding diaryl/α,β-unsaturated/α-hetero) is 1. The van der Waals surface area contributed by atoms with Gasteiger partial charge in [0.05, 0.1) is 6.10 Å². The van der Waals surface area contributed by atoms with Crippen molar-refractivity contribution in [3.63, 3.8) is 0 Å². The van der Waals surface area contributed by atoms with Gasteiger partial charge in [0, 0.05) is 37.5 Å². The lowest BCUT2D eigenvalue weighted by Crippen LogP contribution is -2.38. The second kappa shape index (κ2) is 7.33. The second-order valence-electron chi connectivity index (χ2n) is 8.08. The maximum absolute atomic E-state index is 13.0. The van der Waals surface area contributed by atoms with Crippen LogP contribution in [0.5, 0.6) is 0 Å². The molecule has 1 amide bonds. The van der Waals surface area contributed by atoms with E-state index in [0.717, 1.165) is 12.1 Å². The van der Waals surface area contributed by atoms with Crippen molar-refractivity contribution in [2.24, 2.45) is 11.8 Å². The van der Waals surface area contributed by atoms with Gasteiger partial charge in [-0.3, -0.25) is 9.59 Å². The number of nitrogens with zero attached hydrogens (tertiary/aromatic N) is 2. The van der Waals surface area contributed by atoms with E-state index in [2.05, 4.69) is 23.1 Å². The lowest BCUT2D eigenvalue weighted by Gasteiger charge is -2.28. The minimum absolute atomic E-state index is 0.0158. The number of fused-ring (bicyclic) bond motifs is 1. The van der Waals surface area contributed by atoms with E-state index < -0.39 is 6.10 Å². The van der Waals surface area contributed by atoms with Crippen LogP contribution >= 0.6 is 0 Å². The molecule has 0 fully saturated rings. The summed E-state index contributed by atoms with van der Waals surface area (Å²) in [7, 11) is 4.07. The summed E-state index contributed by atoms with van der Waals surface area (Å²) in [4.78, 5) is 29.0. The minimum atomic E-state index is -0.988. The summed E-state index contributed by atoms with van der Waals surface area (Å²) in [5.41, 5.74) is 3.93. The zero-order chi connectivity index (χ0) is 19.0. The highest BCUT2D eigenvalue weighted by molar-refractivity contribution is 5.99. The number of carbonyl (C=O) groups excluding carboxylic acids is 2. The van der Waals surface area contributed by atoms with Gasteiger partial charge in [0.2, 0.25) is 0 Å². The molecule has 1 heterocycles. The zero-order valence-corrected chi connectivity index (χ0v) is 16.0. The van der Waals surface area contributed by atoms with Crippen molar-refractivity contribution in [2.45, 2.75) is 46.0 Å². The Morgan fingerprint density at radius 2 is 1.96 bits per heavy atom. The Bertz CT molecular complexity index is 752. The fraction of sp³-hybridized carbons (Fsp3) is 0.524. The molecule has 2 atom stereocenters.